The van der Waals surface area contributed by atoms with Crippen molar-refractivity contribution in [3.63, 3.8) is 0 Å². The molecule has 3 rings (SSSR count). The monoisotopic (exact) mass is 294 g/mol. The predicted octanol–water partition coefficient (Wildman–Crippen LogP) is 1.36. The van der Waals surface area contributed by atoms with Crippen LogP contribution < -0.4 is 5.73 Å². The molecule has 4 heteroatoms. The zero-order valence-electron chi connectivity index (χ0n) is 14.1. The lowest BCUT2D eigenvalue weighted by Gasteiger charge is -2.47. The van der Waals surface area contributed by atoms with Crippen LogP contribution in [0, 0.1) is 0 Å². The van der Waals surface area contributed by atoms with E-state index in [1.54, 1.807) is 0 Å². The van der Waals surface area contributed by atoms with Gasteiger partial charge in [0.1, 0.15) is 0 Å². The molecule has 0 saturated carbocycles. The van der Waals surface area contributed by atoms with Crippen LogP contribution in [-0.4, -0.2) is 78.6 Å². The highest BCUT2D eigenvalue weighted by Crippen LogP contribution is 2.33. The summed E-state index contributed by atoms with van der Waals surface area (Å²) in [6.07, 6.45) is 8.20. The van der Waals surface area contributed by atoms with E-state index in [4.69, 9.17) is 5.73 Å². The first-order valence-corrected chi connectivity index (χ1v) is 9.04. The molecule has 2 unspecified atom stereocenters. The van der Waals surface area contributed by atoms with Gasteiger partial charge in [-0.15, -0.1) is 0 Å². The van der Waals surface area contributed by atoms with Crippen LogP contribution in [0.15, 0.2) is 0 Å². The van der Waals surface area contributed by atoms with Gasteiger partial charge in [0, 0.05) is 43.8 Å². The molecule has 0 aromatic rings. The molecule has 2 atom stereocenters. The van der Waals surface area contributed by atoms with Crippen LogP contribution in [-0.2, 0) is 0 Å². The van der Waals surface area contributed by atoms with Crippen molar-refractivity contribution in [2.24, 2.45) is 5.73 Å². The number of likely N-dealkylation sites (N-methyl/N-ethyl adjacent to an activating group) is 1. The van der Waals surface area contributed by atoms with Gasteiger partial charge in [0.15, 0.2) is 0 Å². The van der Waals surface area contributed by atoms with Crippen molar-refractivity contribution in [1.29, 1.82) is 0 Å². The molecule has 122 valence electrons. The average Bonchev–Trinajstić information content (AvgIpc) is 2.84. The van der Waals surface area contributed by atoms with E-state index in [9.17, 15) is 0 Å². The molecule has 0 aromatic carbocycles. The lowest BCUT2D eigenvalue weighted by atomic mass is 9.90. The summed E-state index contributed by atoms with van der Waals surface area (Å²) < 4.78 is 0. The van der Waals surface area contributed by atoms with Gasteiger partial charge in [-0.3, -0.25) is 4.90 Å². The fourth-order valence-electron chi connectivity index (χ4n) is 4.89. The predicted molar refractivity (Wildman–Crippen MR) is 88.5 cm³/mol. The number of nitrogens with zero attached hydrogens (tertiary/aromatic N) is 3. The topological polar surface area (TPSA) is 35.7 Å². The molecule has 0 spiro atoms. The van der Waals surface area contributed by atoms with Gasteiger partial charge in [0.25, 0.3) is 0 Å². The smallest absolute Gasteiger partial charge is 0.0473 e. The maximum absolute atomic E-state index is 6.22. The molecule has 3 aliphatic heterocycles. The lowest BCUT2D eigenvalue weighted by molar-refractivity contribution is 0.0333. The molecular weight excluding hydrogens is 260 g/mol. The van der Waals surface area contributed by atoms with Gasteiger partial charge < -0.3 is 15.5 Å². The molecule has 3 fully saturated rings. The number of hydrogen-bond donors (Lipinski definition) is 1. The maximum atomic E-state index is 6.22. The minimum atomic E-state index is 0.251. The highest BCUT2D eigenvalue weighted by atomic mass is 15.3. The van der Waals surface area contributed by atoms with E-state index >= 15 is 0 Å². The second kappa shape index (κ2) is 6.53. The number of rotatable bonds is 3. The molecule has 0 aromatic heterocycles. The Balaban J connectivity index is 1.57. The Kier molecular flexibility index (Phi) is 4.89. The lowest BCUT2D eigenvalue weighted by Crippen LogP contribution is -2.59. The minimum Gasteiger partial charge on any atom is -0.329 e. The zero-order valence-corrected chi connectivity index (χ0v) is 14.1. The van der Waals surface area contributed by atoms with E-state index in [2.05, 4.69) is 28.7 Å². The van der Waals surface area contributed by atoms with E-state index in [1.165, 1.54) is 64.7 Å². The number of hydrogen-bond acceptors (Lipinski definition) is 4. The molecule has 3 saturated heterocycles. The molecule has 2 N–H and O–H groups in total. The largest absolute Gasteiger partial charge is 0.329 e. The third kappa shape index (κ3) is 3.14. The van der Waals surface area contributed by atoms with Gasteiger partial charge in [-0.05, 0) is 59.2 Å². The number of nitrogens with two attached hydrogens (primary N) is 1. The summed E-state index contributed by atoms with van der Waals surface area (Å²) in [6, 6.07) is 1.52. The SMILES string of the molecule is CC1CC(CN)(N2CCC(N3CCCCC3)CC2)CN1C. The van der Waals surface area contributed by atoms with Crippen LogP contribution in [0.5, 0.6) is 0 Å². The van der Waals surface area contributed by atoms with Crippen LogP contribution in [0.25, 0.3) is 0 Å². The standard InChI is InChI=1S/C17H34N4/c1-15-12-17(13-18,14-19(15)2)21-10-6-16(7-11-21)20-8-4-3-5-9-20/h15-16H,3-14,18H2,1-2H3. The van der Waals surface area contributed by atoms with E-state index in [-0.39, 0.29) is 5.54 Å². The first kappa shape index (κ1) is 15.7. The third-order valence-electron chi connectivity index (χ3n) is 6.39. The van der Waals surface area contributed by atoms with Crippen LogP contribution in [0.3, 0.4) is 0 Å². The first-order chi connectivity index (χ1) is 10.1. The summed E-state index contributed by atoms with van der Waals surface area (Å²) in [6.45, 7) is 9.49. The number of piperidine rings is 2. The summed E-state index contributed by atoms with van der Waals surface area (Å²) in [4.78, 5) is 7.98. The molecule has 0 amide bonds. The van der Waals surface area contributed by atoms with Crippen LogP contribution in [0.4, 0.5) is 0 Å². The van der Waals surface area contributed by atoms with Crippen molar-refractivity contribution < 1.29 is 0 Å². The van der Waals surface area contributed by atoms with Gasteiger partial charge in [0.2, 0.25) is 0 Å². The zero-order chi connectivity index (χ0) is 14.9. The molecular formula is C17H34N4. The Bertz CT molecular complexity index is 322. The first-order valence-electron chi connectivity index (χ1n) is 9.04. The van der Waals surface area contributed by atoms with E-state index in [0.29, 0.717) is 6.04 Å². The summed E-state index contributed by atoms with van der Waals surface area (Å²) in [5.74, 6) is 0. The van der Waals surface area contributed by atoms with Crippen molar-refractivity contribution in [2.75, 3.05) is 46.3 Å². The van der Waals surface area contributed by atoms with Crippen LogP contribution in [0.2, 0.25) is 0 Å². The summed E-state index contributed by atoms with van der Waals surface area (Å²) in [5.41, 5.74) is 6.47. The maximum Gasteiger partial charge on any atom is 0.0473 e. The average molecular weight is 294 g/mol. The normalized spacial score (nSPS) is 38.1. The minimum absolute atomic E-state index is 0.251. The fourth-order valence-corrected chi connectivity index (χ4v) is 4.89. The van der Waals surface area contributed by atoms with Gasteiger partial charge in [-0.25, -0.2) is 0 Å². The van der Waals surface area contributed by atoms with Gasteiger partial charge in [-0.1, -0.05) is 6.42 Å². The van der Waals surface area contributed by atoms with E-state index in [0.717, 1.165) is 19.1 Å². The van der Waals surface area contributed by atoms with E-state index in [1.807, 2.05) is 0 Å². The quantitative estimate of drug-likeness (QED) is 0.852. The summed E-state index contributed by atoms with van der Waals surface area (Å²) >= 11 is 0. The van der Waals surface area contributed by atoms with Gasteiger partial charge >= 0.3 is 0 Å². The molecule has 21 heavy (non-hydrogen) atoms. The Morgan fingerprint density at radius 3 is 2.24 bits per heavy atom. The molecule has 0 aliphatic carbocycles. The Morgan fingerprint density at radius 2 is 1.71 bits per heavy atom. The summed E-state index contributed by atoms with van der Waals surface area (Å²) in [7, 11) is 2.25. The van der Waals surface area contributed by atoms with Crippen molar-refractivity contribution in [1.82, 2.24) is 14.7 Å². The fraction of sp³-hybridized carbons (Fsp3) is 1.00. The van der Waals surface area contributed by atoms with Gasteiger partial charge in [0.05, 0.1) is 0 Å². The second-order valence-corrected chi connectivity index (χ2v) is 7.71. The molecule has 4 nitrogen and oxygen atoms in total. The summed E-state index contributed by atoms with van der Waals surface area (Å²) in [5, 5.41) is 0. The molecule has 0 radical (unpaired) electrons. The Hall–Kier alpha value is -0.160. The Morgan fingerprint density at radius 1 is 1.05 bits per heavy atom. The third-order valence-corrected chi connectivity index (χ3v) is 6.39. The van der Waals surface area contributed by atoms with Gasteiger partial charge in [-0.2, -0.15) is 0 Å². The second-order valence-electron chi connectivity index (χ2n) is 7.71. The molecule has 3 heterocycles. The Labute approximate surface area is 130 Å². The highest BCUT2D eigenvalue weighted by Gasteiger charge is 2.45. The van der Waals surface area contributed by atoms with Crippen LogP contribution >= 0.6 is 0 Å². The van der Waals surface area contributed by atoms with Crippen molar-refractivity contribution in [3.8, 4) is 0 Å². The van der Waals surface area contributed by atoms with Crippen molar-refractivity contribution >= 4 is 0 Å². The van der Waals surface area contributed by atoms with Crippen molar-refractivity contribution in [3.05, 3.63) is 0 Å². The molecule has 3 aliphatic rings. The van der Waals surface area contributed by atoms with E-state index < -0.39 is 0 Å². The van der Waals surface area contributed by atoms with Crippen molar-refractivity contribution in [2.45, 2.75) is 63.1 Å². The van der Waals surface area contributed by atoms with Crippen LogP contribution in [0.1, 0.15) is 45.4 Å². The highest BCUT2D eigenvalue weighted by molar-refractivity contribution is 5.03. The number of likely N-dealkylation sites (tertiary alicyclic amines) is 3. The molecule has 0 bridgehead atoms.